The molecule has 0 radical (unpaired) electrons. The number of carboxylic acid groups (broad SMARTS) is 1. The van der Waals surface area contributed by atoms with Gasteiger partial charge in [0.1, 0.15) is 0 Å². The number of carbonyl (C=O) groups is 1. The van der Waals surface area contributed by atoms with E-state index in [2.05, 4.69) is 4.90 Å². The fourth-order valence-corrected chi connectivity index (χ4v) is 2.89. The van der Waals surface area contributed by atoms with Gasteiger partial charge in [0.2, 0.25) is 10.0 Å². The molecule has 0 amide bonds. The molecule has 0 aromatic carbocycles. The normalized spacial score (nSPS) is 22.8. The minimum Gasteiger partial charge on any atom is -0.480 e. The van der Waals surface area contributed by atoms with E-state index in [4.69, 9.17) is 5.11 Å². The van der Waals surface area contributed by atoms with Gasteiger partial charge in [0, 0.05) is 20.1 Å². The first-order valence-corrected chi connectivity index (χ1v) is 6.76. The van der Waals surface area contributed by atoms with E-state index in [1.807, 2.05) is 7.05 Å². The Bertz CT molecular complexity index is 355. The summed E-state index contributed by atoms with van der Waals surface area (Å²) >= 11 is 0. The fourth-order valence-electron chi connectivity index (χ4n) is 1.92. The lowest BCUT2D eigenvalue weighted by atomic mass is 10.1. The van der Waals surface area contributed by atoms with Gasteiger partial charge in [-0.25, -0.2) is 12.7 Å². The van der Waals surface area contributed by atoms with Crippen molar-refractivity contribution < 1.29 is 18.3 Å². The zero-order valence-electron chi connectivity index (χ0n) is 9.59. The molecule has 1 N–H and O–H groups in total. The zero-order chi connectivity index (χ0) is 12.3. The third-order valence-corrected chi connectivity index (χ3v) is 4.50. The van der Waals surface area contributed by atoms with Crippen molar-refractivity contribution in [2.45, 2.75) is 6.42 Å². The summed E-state index contributed by atoms with van der Waals surface area (Å²) < 4.78 is 24.2. The fraction of sp³-hybridized carbons (Fsp3) is 0.889. The molecule has 0 aliphatic carbocycles. The highest BCUT2D eigenvalue weighted by atomic mass is 32.2. The van der Waals surface area contributed by atoms with Crippen LogP contribution in [0.5, 0.6) is 0 Å². The third-order valence-electron chi connectivity index (χ3n) is 2.78. The number of likely N-dealkylation sites (tertiary alicyclic amines) is 1. The van der Waals surface area contributed by atoms with Crippen LogP contribution in [0.15, 0.2) is 0 Å². The maximum atomic E-state index is 11.5. The lowest BCUT2D eigenvalue weighted by molar-refractivity contribution is -0.134. The number of nitrogens with zero attached hydrogens (tertiary/aromatic N) is 2. The molecule has 1 rings (SSSR count). The molecular formula is C9H18N2O4S. The van der Waals surface area contributed by atoms with Gasteiger partial charge in [-0.1, -0.05) is 0 Å². The van der Waals surface area contributed by atoms with Crippen molar-refractivity contribution in [3.05, 3.63) is 0 Å². The standard InChI is InChI=1S/C9H18N2O4S/c1-10-4-3-8(5-10)6-11(2)16(14,15)7-9(12)13/h8H,3-7H2,1-2H3,(H,12,13). The van der Waals surface area contributed by atoms with Crippen LogP contribution >= 0.6 is 0 Å². The van der Waals surface area contributed by atoms with Gasteiger partial charge in [0.05, 0.1) is 0 Å². The van der Waals surface area contributed by atoms with Crippen molar-refractivity contribution in [1.82, 2.24) is 9.21 Å². The first-order chi connectivity index (χ1) is 7.31. The summed E-state index contributed by atoms with van der Waals surface area (Å²) in [6.07, 6.45) is 0.962. The van der Waals surface area contributed by atoms with Gasteiger partial charge in [-0.15, -0.1) is 0 Å². The summed E-state index contributed by atoms with van der Waals surface area (Å²) in [4.78, 5) is 12.5. The monoisotopic (exact) mass is 250 g/mol. The summed E-state index contributed by atoms with van der Waals surface area (Å²) in [6.45, 7) is 2.24. The summed E-state index contributed by atoms with van der Waals surface area (Å²) in [5.41, 5.74) is 0. The lowest BCUT2D eigenvalue weighted by Crippen LogP contribution is -2.36. The molecule has 6 nitrogen and oxygen atoms in total. The van der Waals surface area contributed by atoms with Gasteiger partial charge in [-0.05, 0) is 25.9 Å². The average molecular weight is 250 g/mol. The molecule has 7 heteroatoms. The first-order valence-electron chi connectivity index (χ1n) is 5.15. The Balaban J connectivity index is 2.51. The van der Waals surface area contributed by atoms with Crippen molar-refractivity contribution in [2.75, 3.05) is 39.5 Å². The number of hydrogen-bond acceptors (Lipinski definition) is 4. The second-order valence-corrected chi connectivity index (χ2v) is 6.42. The Morgan fingerprint density at radius 1 is 1.56 bits per heavy atom. The quantitative estimate of drug-likeness (QED) is 0.697. The topological polar surface area (TPSA) is 77.9 Å². The van der Waals surface area contributed by atoms with Gasteiger partial charge in [0.25, 0.3) is 0 Å². The van der Waals surface area contributed by atoms with Crippen molar-refractivity contribution in [2.24, 2.45) is 5.92 Å². The maximum absolute atomic E-state index is 11.5. The predicted molar refractivity (Wildman–Crippen MR) is 59.7 cm³/mol. The van der Waals surface area contributed by atoms with Gasteiger partial charge < -0.3 is 10.0 Å². The average Bonchev–Trinajstić information content (AvgIpc) is 2.48. The molecule has 16 heavy (non-hydrogen) atoms. The highest BCUT2D eigenvalue weighted by Gasteiger charge is 2.27. The summed E-state index contributed by atoms with van der Waals surface area (Å²) in [7, 11) is -0.216. The van der Waals surface area contributed by atoms with E-state index >= 15 is 0 Å². The van der Waals surface area contributed by atoms with Gasteiger partial charge in [-0.2, -0.15) is 0 Å². The molecule has 1 aliphatic rings. The second-order valence-electron chi connectivity index (χ2n) is 4.35. The van der Waals surface area contributed by atoms with Crippen LogP contribution in [0.2, 0.25) is 0 Å². The predicted octanol–water partition coefficient (Wildman–Crippen LogP) is -0.716. The van der Waals surface area contributed by atoms with Crippen molar-refractivity contribution >= 4 is 16.0 Å². The summed E-state index contributed by atoms with van der Waals surface area (Å²) in [6, 6.07) is 0. The highest BCUT2D eigenvalue weighted by Crippen LogP contribution is 2.16. The van der Waals surface area contributed by atoms with E-state index in [0.717, 1.165) is 23.8 Å². The zero-order valence-corrected chi connectivity index (χ0v) is 10.4. The molecule has 94 valence electrons. The molecule has 1 atom stereocenters. The minimum atomic E-state index is -3.65. The van der Waals surface area contributed by atoms with Crippen molar-refractivity contribution in [1.29, 1.82) is 0 Å². The van der Waals surface area contributed by atoms with E-state index in [0.29, 0.717) is 12.5 Å². The van der Waals surface area contributed by atoms with E-state index in [1.165, 1.54) is 7.05 Å². The number of carboxylic acids is 1. The third kappa shape index (κ3) is 3.73. The smallest absolute Gasteiger partial charge is 0.320 e. The van der Waals surface area contributed by atoms with E-state index in [-0.39, 0.29) is 0 Å². The number of sulfonamides is 1. The molecule has 1 unspecified atom stereocenters. The van der Waals surface area contributed by atoms with E-state index < -0.39 is 21.7 Å². The Morgan fingerprint density at radius 2 is 2.19 bits per heavy atom. The van der Waals surface area contributed by atoms with Gasteiger partial charge >= 0.3 is 5.97 Å². The highest BCUT2D eigenvalue weighted by molar-refractivity contribution is 7.89. The molecule has 0 saturated carbocycles. The molecule has 1 aliphatic heterocycles. The maximum Gasteiger partial charge on any atom is 0.320 e. The summed E-state index contributed by atoms with van der Waals surface area (Å²) in [5, 5.41) is 8.49. The second kappa shape index (κ2) is 5.11. The Morgan fingerprint density at radius 3 is 2.62 bits per heavy atom. The summed E-state index contributed by atoms with van der Waals surface area (Å²) in [5.74, 6) is -1.83. The number of hydrogen-bond donors (Lipinski definition) is 1. The van der Waals surface area contributed by atoms with E-state index in [1.54, 1.807) is 0 Å². The van der Waals surface area contributed by atoms with Crippen LogP contribution in [0.3, 0.4) is 0 Å². The SMILES string of the molecule is CN1CCC(CN(C)S(=O)(=O)CC(=O)O)C1. The first kappa shape index (κ1) is 13.4. The number of rotatable bonds is 5. The van der Waals surface area contributed by atoms with Crippen LogP contribution in [0.25, 0.3) is 0 Å². The van der Waals surface area contributed by atoms with Gasteiger partial charge in [0.15, 0.2) is 5.75 Å². The molecule has 0 bridgehead atoms. The molecule has 0 aromatic rings. The molecule has 1 heterocycles. The minimum absolute atomic E-state index is 0.304. The van der Waals surface area contributed by atoms with Crippen LogP contribution in [0.4, 0.5) is 0 Å². The molecular weight excluding hydrogens is 232 g/mol. The van der Waals surface area contributed by atoms with Crippen molar-refractivity contribution in [3.8, 4) is 0 Å². The van der Waals surface area contributed by atoms with Crippen molar-refractivity contribution in [3.63, 3.8) is 0 Å². The Kier molecular flexibility index (Phi) is 4.28. The largest absolute Gasteiger partial charge is 0.480 e. The number of aliphatic carboxylic acids is 1. The molecule has 0 aromatic heterocycles. The Labute approximate surface area is 95.9 Å². The van der Waals surface area contributed by atoms with E-state index in [9.17, 15) is 13.2 Å². The lowest BCUT2D eigenvalue weighted by Gasteiger charge is -2.19. The van der Waals surface area contributed by atoms with Crippen LogP contribution in [0.1, 0.15) is 6.42 Å². The van der Waals surface area contributed by atoms with Crippen LogP contribution in [0, 0.1) is 5.92 Å². The van der Waals surface area contributed by atoms with Crippen LogP contribution < -0.4 is 0 Å². The van der Waals surface area contributed by atoms with Gasteiger partial charge in [-0.3, -0.25) is 4.79 Å². The molecule has 1 saturated heterocycles. The van der Waals surface area contributed by atoms with Crippen LogP contribution in [-0.2, 0) is 14.8 Å². The van der Waals surface area contributed by atoms with Crippen LogP contribution in [-0.4, -0.2) is 68.2 Å². The molecule has 0 spiro atoms. The Hall–Kier alpha value is -0.660. The molecule has 1 fully saturated rings.